The topological polar surface area (TPSA) is 15.3 Å². The number of benzene rings is 1. The molecule has 2 unspecified atom stereocenters. The van der Waals surface area contributed by atoms with E-state index in [1.807, 2.05) is 0 Å². The molecule has 0 radical (unpaired) electrons. The molecule has 2 atom stereocenters. The van der Waals surface area contributed by atoms with Gasteiger partial charge in [0.05, 0.1) is 0 Å². The first-order valence-corrected chi connectivity index (χ1v) is 8.13. The number of fused-ring (bicyclic) bond motifs is 1. The lowest BCUT2D eigenvalue weighted by atomic mass is 9.92. The van der Waals surface area contributed by atoms with Crippen LogP contribution in [0.1, 0.15) is 39.7 Å². The molecule has 0 bridgehead atoms. The smallest absolute Gasteiger partial charge is 0.0401 e. The van der Waals surface area contributed by atoms with E-state index < -0.39 is 0 Å². The number of hydrogen-bond acceptors (Lipinski definition) is 2. The summed E-state index contributed by atoms with van der Waals surface area (Å²) in [6.07, 6.45) is 2.44. The second-order valence-corrected chi connectivity index (χ2v) is 6.83. The fourth-order valence-electron chi connectivity index (χ4n) is 3.11. The lowest BCUT2D eigenvalue weighted by Gasteiger charge is -2.39. The van der Waals surface area contributed by atoms with Crippen molar-refractivity contribution in [2.45, 2.75) is 46.6 Å². The molecule has 1 N–H and O–H groups in total. The Bertz CT molecular complexity index is 414. The summed E-state index contributed by atoms with van der Waals surface area (Å²) in [4.78, 5) is 2.61. The molecule has 0 spiro atoms. The predicted molar refractivity (Wildman–Crippen MR) is 88.4 cm³/mol. The minimum atomic E-state index is 0.610. The van der Waals surface area contributed by atoms with Gasteiger partial charge in [0, 0.05) is 18.3 Å². The average Bonchev–Trinajstić information content (AvgIpc) is 2.42. The Balaban J connectivity index is 1.94. The second-order valence-electron chi connectivity index (χ2n) is 6.83. The molecule has 0 amide bonds. The molecule has 112 valence electrons. The van der Waals surface area contributed by atoms with Crippen LogP contribution >= 0.6 is 0 Å². The summed E-state index contributed by atoms with van der Waals surface area (Å²) in [5.41, 5.74) is 2.98. The van der Waals surface area contributed by atoms with Crippen LogP contribution in [0.3, 0.4) is 0 Å². The third-order valence-electron chi connectivity index (χ3n) is 4.20. The largest absolute Gasteiger partial charge is 0.368 e. The third-order valence-corrected chi connectivity index (χ3v) is 4.20. The minimum Gasteiger partial charge on any atom is -0.368 e. The van der Waals surface area contributed by atoms with E-state index in [4.69, 9.17) is 0 Å². The van der Waals surface area contributed by atoms with Gasteiger partial charge in [-0.2, -0.15) is 0 Å². The average molecular weight is 274 g/mol. The number of anilines is 1. The molecule has 1 heterocycles. The molecule has 1 aliphatic heterocycles. The zero-order valence-corrected chi connectivity index (χ0v) is 13.5. The fraction of sp³-hybridized carbons (Fsp3) is 0.667. The second kappa shape index (κ2) is 7.12. The highest BCUT2D eigenvalue weighted by Gasteiger charge is 2.24. The predicted octanol–water partition coefficient (Wildman–Crippen LogP) is 3.71. The number of para-hydroxylation sites is 1. The van der Waals surface area contributed by atoms with Gasteiger partial charge in [-0.25, -0.2) is 0 Å². The first kappa shape index (κ1) is 15.4. The van der Waals surface area contributed by atoms with E-state index in [0.29, 0.717) is 6.04 Å². The Morgan fingerprint density at radius 1 is 1.25 bits per heavy atom. The zero-order chi connectivity index (χ0) is 14.5. The highest BCUT2D eigenvalue weighted by atomic mass is 15.2. The molecular weight excluding hydrogens is 244 g/mol. The van der Waals surface area contributed by atoms with Crippen LogP contribution in [0.5, 0.6) is 0 Å². The standard InChI is InChI=1S/C18H30N2/c1-14(2)12-19-10-9-16(4)20-13-15(3)11-17-7-5-6-8-18(17)20/h5-8,14-16,19H,9-13H2,1-4H3. The lowest BCUT2D eigenvalue weighted by molar-refractivity contribution is 0.462. The van der Waals surface area contributed by atoms with E-state index in [1.54, 1.807) is 0 Å². The van der Waals surface area contributed by atoms with E-state index in [-0.39, 0.29) is 0 Å². The van der Waals surface area contributed by atoms with Crippen LogP contribution in [0.25, 0.3) is 0 Å². The maximum atomic E-state index is 3.56. The quantitative estimate of drug-likeness (QED) is 0.796. The van der Waals surface area contributed by atoms with Crippen LogP contribution in [0, 0.1) is 11.8 Å². The van der Waals surface area contributed by atoms with Gasteiger partial charge in [0.1, 0.15) is 0 Å². The molecule has 1 aliphatic rings. The Kier molecular flexibility index (Phi) is 5.47. The van der Waals surface area contributed by atoms with Crippen LogP contribution in [0.4, 0.5) is 5.69 Å². The molecule has 1 aromatic rings. The summed E-state index contributed by atoms with van der Waals surface area (Å²) in [6, 6.07) is 9.54. The molecule has 2 heteroatoms. The molecule has 20 heavy (non-hydrogen) atoms. The molecule has 2 rings (SSSR count). The molecule has 0 aromatic heterocycles. The van der Waals surface area contributed by atoms with E-state index in [0.717, 1.165) is 24.9 Å². The fourth-order valence-corrected chi connectivity index (χ4v) is 3.11. The highest BCUT2D eigenvalue weighted by molar-refractivity contribution is 5.56. The first-order valence-electron chi connectivity index (χ1n) is 8.13. The van der Waals surface area contributed by atoms with Gasteiger partial charge in [-0.1, -0.05) is 39.0 Å². The Hall–Kier alpha value is -1.02. The maximum absolute atomic E-state index is 3.56. The number of hydrogen-bond donors (Lipinski definition) is 1. The van der Waals surface area contributed by atoms with Crippen molar-refractivity contribution in [1.29, 1.82) is 0 Å². The van der Waals surface area contributed by atoms with Crippen molar-refractivity contribution >= 4 is 5.69 Å². The van der Waals surface area contributed by atoms with E-state index in [9.17, 15) is 0 Å². The summed E-state index contributed by atoms with van der Waals surface area (Å²) >= 11 is 0. The number of nitrogens with one attached hydrogen (secondary N) is 1. The summed E-state index contributed by atoms with van der Waals surface area (Å²) < 4.78 is 0. The number of rotatable bonds is 6. The van der Waals surface area contributed by atoms with Gasteiger partial charge in [0.2, 0.25) is 0 Å². The third kappa shape index (κ3) is 3.99. The summed E-state index contributed by atoms with van der Waals surface area (Å²) in [5, 5.41) is 3.56. The van der Waals surface area contributed by atoms with Crippen molar-refractivity contribution in [2.75, 3.05) is 24.5 Å². The van der Waals surface area contributed by atoms with Crippen LogP contribution in [0.15, 0.2) is 24.3 Å². The maximum Gasteiger partial charge on any atom is 0.0401 e. The molecule has 0 fully saturated rings. The molecular formula is C18H30N2. The van der Waals surface area contributed by atoms with Crippen LogP contribution in [-0.2, 0) is 6.42 Å². The summed E-state index contributed by atoms with van der Waals surface area (Å²) in [5.74, 6) is 1.50. The molecule has 0 saturated carbocycles. The minimum absolute atomic E-state index is 0.610. The van der Waals surface area contributed by atoms with Crippen LogP contribution in [-0.4, -0.2) is 25.7 Å². The highest BCUT2D eigenvalue weighted by Crippen LogP contribution is 2.31. The Morgan fingerprint density at radius 2 is 2.00 bits per heavy atom. The van der Waals surface area contributed by atoms with Crippen molar-refractivity contribution in [1.82, 2.24) is 5.32 Å². The first-order chi connectivity index (χ1) is 9.58. The van der Waals surface area contributed by atoms with Gasteiger partial charge < -0.3 is 10.2 Å². The van der Waals surface area contributed by atoms with Crippen molar-refractivity contribution in [2.24, 2.45) is 11.8 Å². The van der Waals surface area contributed by atoms with Gasteiger partial charge in [-0.15, -0.1) is 0 Å². The lowest BCUT2D eigenvalue weighted by Crippen LogP contribution is -2.42. The van der Waals surface area contributed by atoms with Gasteiger partial charge in [-0.3, -0.25) is 0 Å². The van der Waals surface area contributed by atoms with E-state index in [2.05, 4.69) is 62.2 Å². The van der Waals surface area contributed by atoms with Crippen LogP contribution in [0.2, 0.25) is 0 Å². The van der Waals surface area contributed by atoms with Gasteiger partial charge in [0.25, 0.3) is 0 Å². The molecule has 0 saturated heterocycles. The monoisotopic (exact) mass is 274 g/mol. The van der Waals surface area contributed by atoms with Crippen molar-refractivity contribution in [3.63, 3.8) is 0 Å². The van der Waals surface area contributed by atoms with Crippen molar-refractivity contribution in [3.05, 3.63) is 29.8 Å². The SMILES string of the molecule is CC(C)CNCCC(C)N1CC(C)Cc2ccccc21. The van der Waals surface area contributed by atoms with E-state index >= 15 is 0 Å². The molecule has 0 aliphatic carbocycles. The Labute approximate surface area is 124 Å². The van der Waals surface area contributed by atoms with Crippen molar-refractivity contribution in [3.8, 4) is 0 Å². The molecule has 1 aromatic carbocycles. The number of nitrogens with zero attached hydrogens (tertiary/aromatic N) is 1. The van der Waals surface area contributed by atoms with Gasteiger partial charge in [-0.05, 0) is 56.3 Å². The van der Waals surface area contributed by atoms with Crippen molar-refractivity contribution < 1.29 is 0 Å². The van der Waals surface area contributed by atoms with Gasteiger partial charge >= 0.3 is 0 Å². The molecule has 2 nitrogen and oxygen atoms in total. The summed E-state index contributed by atoms with van der Waals surface area (Å²) in [7, 11) is 0. The Morgan fingerprint density at radius 3 is 2.75 bits per heavy atom. The normalized spacial score (nSPS) is 20.1. The summed E-state index contributed by atoms with van der Waals surface area (Å²) in [6.45, 7) is 12.7. The zero-order valence-electron chi connectivity index (χ0n) is 13.5. The van der Waals surface area contributed by atoms with Gasteiger partial charge in [0.15, 0.2) is 0 Å². The van der Waals surface area contributed by atoms with Crippen LogP contribution < -0.4 is 10.2 Å². The van der Waals surface area contributed by atoms with E-state index in [1.165, 1.54) is 30.6 Å².